The summed E-state index contributed by atoms with van der Waals surface area (Å²) in [6.45, 7) is 1.34. The standard InChI is InChI=1S/C19H23N3O4S.2ClH/c1-27(24,25)19(7-10-20-11-8-19)18(23)22-16-5-2-6-17(12-16)26-14-15-4-3-9-21-13-15;;/h2-6,9,12-13,20H,7-8,10-11,14H2,1H3,(H,22,23);2*1H. The lowest BCUT2D eigenvalue weighted by atomic mass is 9.95. The number of amides is 1. The minimum atomic E-state index is -3.55. The smallest absolute Gasteiger partial charge is 0.245 e. The minimum absolute atomic E-state index is 0. The molecular formula is C19H25Cl2N3O4S. The lowest BCUT2D eigenvalue weighted by Gasteiger charge is -2.34. The molecule has 2 aromatic rings. The number of halogens is 2. The molecule has 1 fully saturated rings. The van der Waals surface area contributed by atoms with E-state index in [9.17, 15) is 13.2 Å². The highest BCUT2D eigenvalue weighted by Gasteiger charge is 2.48. The molecular weight excluding hydrogens is 437 g/mol. The van der Waals surface area contributed by atoms with Crippen LogP contribution in [0.1, 0.15) is 18.4 Å². The van der Waals surface area contributed by atoms with Crippen molar-refractivity contribution in [3.8, 4) is 5.75 Å². The van der Waals surface area contributed by atoms with Crippen LogP contribution >= 0.6 is 24.8 Å². The van der Waals surface area contributed by atoms with E-state index in [4.69, 9.17) is 4.74 Å². The molecule has 7 nitrogen and oxygen atoms in total. The second-order valence-electron chi connectivity index (χ2n) is 6.65. The van der Waals surface area contributed by atoms with E-state index in [0.717, 1.165) is 11.8 Å². The average molecular weight is 462 g/mol. The summed E-state index contributed by atoms with van der Waals surface area (Å²) in [7, 11) is -3.55. The molecule has 0 unspecified atom stereocenters. The second-order valence-corrected chi connectivity index (χ2v) is 8.97. The van der Waals surface area contributed by atoms with Gasteiger partial charge in [0.15, 0.2) is 14.6 Å². The lowest BCUT2D eigenvalue weighted by Crippen LogP contribution is -2.55. The monoisotopic (exact) mass is 461 g/mol. The molecule has 2 heterocycles. The lowest BCUT2D eigenvalue weighted by molar-refractivity contribution is -0.119. The molecule has 160 valence electrons. The Labute approximate surface area is 183 Å². The summed E-state index contributed by atoms with van der Waals surface area (Å²) in [6, 6.07) is 10.7. The molecule has 2 N–H and O–H groups in total. The number of nitrogens with one attached hydrogen (secondary N) is 2. The van der Waals surface area contributed by atoms with Crippen LogP contribution in [0.2, 0.25) is 0 Å². The number of hydrogen-bond acceptors (Lipinski definition) is 6. The third kappa shape index (κ3) is 6.05. The first-order valence-electron chi connectivity index (χ1n) is 8.74. The Morgan fingerprint density at radius 3 is 2.55 bits per heavy atom. The molecule has 1 amide bonds. The number of carbonyl (C=O) groups excluding carboxylic acids is 1. The normalized spacial score (nSPS) is 15.3. The highest BCUT2D eigenvalue weighted by atomic mass is 35.5. The highest BCUT2D eigenvalue weighted by Crippen LogP contribution is 2.30. The van der Waals surface area contributed by atoms with E-state index in [1.807, 2.05) is 12.1 Å². The number of piperidine rings is 1. The number of nitrogens with zero attached hydrogens (tertiary/aromatic N) is 1. The van der Waals surface area contributed by atoms with Crippen molar-refractivity contribution in [3.05, 3.63) is 54.4 Å². The largest absolute Gasteiger partial charge is 0.489 e. The Bertz CT molecular complexity index is 905. The summed E-state index contributed by atoms with van der Waals surface area (Å²) >= 11 is 0. The minimum Gasteiger partial charge on any atom is -0.489 e. The van der Waals surface area contributed by atoms with Gasteiger partial charge in [0.05, 0.1) is 0 Å². The van der Waals surface area contributed by atoms with Crippen molar-refractivity contribution in [1.82, 2.24) is 10.3 Å². The fourth-order valence-corrected chi connectivity index (χ4v) is 4.49. The second kappa shape index (κ2) is 10.8. The van der Waals surface area contributed by atoms with E-state index in [0.29, 0.717) is 31.1 Å². The van der Waals surface area contributed by atoms with E-state index in [1.54, 1.807) is 36.7 Å². The molecule has 0 spiro atoms. The van der Waals surface area contributed by atoms with Gasteiger partial charge in [0, 0.05) is 36.0 Å². The predicted molar refractivity (Wildman–Crippen MR) is 118 cm³/mol. The first-order valence-corrected chi connectivity index (χ1v) is 10.6. The molecule has 10 heteroatoms. The highest BCUT2D eigenvalue weighted by molar-refractivity contribution is 7.92. The number of pyridine rings is 1. The van der Waals surface area contributed by atoms with Crippen LogP contribution in [0.4, 0.5) is 5.69 Å². The van der Waals surface area contributed by atoms with Crippen molar-refractivity contribution in [1.29, 1.82) is 0 Å². The van der Waals surface area contributed by atoms with Crippen molar-refractivity contribution < 1.29 is 17.9 Å². The molecule has 1 saturated heterocycles. The van der Waals surface area contributed by atoms with Gasteiger partial charge in [-0.1, -0.05) is 12.1 Å². The van der Waals surface area contributed by atoms with Crippen LogP contribution in [-0.2, 0) is 21.2 Å². The SMILES string of the molecule is CS(=O)(=O)C1(C(=O)Nc2cccc(OCc3cccnc3)c2)CCNCC1.Cl.Cl. The van der Waals surface area contributed by atoms with Crippen molar-refractivity contribution in [3.63, 3.8) is 0 Å². The number of sulfone groups is 1. The van der Waals surface area contributed by atoms with Gasteiger partial charge in [-0.3, -0.25) is 9.78 Å². The van der Waals surface area contributed by atoms with E-state index in [-0.39, 0.29) is 37.7 Å². The van der Waals surface area contributed by atoms with Crippen LogP contribution in [0, 0.1) is 0 Å². The molecule has 1 aliphatic heterocycles. The molecule has 1 aromatic carbocycles. The number of benzene rings is 1. The number of aromatic nitrogens is 1. The summed E-state index contributed by atoms with van der Waals surface area (Å²) in [6.07, 6.45) is 5.06. The number of ether oxygens (including phenoxy) is 1. The average Bonchev–Trinajstić information content (AvgIpc) is 2.67. The summed E-state index contributed by atoms with van der Waals surface area (Å²) in [5.41, 5.74) is 1.43. The molecule has 0 saturated carbocycles. The molecule has 1 aliphatic rings. The van der Waals surface area contributed by atoms with Gasteiger partial charge in [-0.15, -0.1) is 24.8 Å². The maximum Gasteiger partial charge on any atom is 0.245 e. The van der Waals surface area contributed by atoms with Crippen molar-refractivity contribution in [2.24, 2.45) is 0 Å². The van der Waals surface area contributed by atoms with E-state index < -0.39 is 20.5 Å². The molecule has 0 atom stereocenters. The van der Waals surface area contributed by atoms with Gasteiger partial charge >= 0.3 is 0 Å². The number of anilines is 1. The van der Waals surface area contributed by atoms with Crippen LogP contribution in [0.15, 0.2) is 48.8 Å². The maximum atomic E-state index is 12.9. The predicted octanol–water partition coefficient (Wildman–Crippen LogP) is 2.61. The third-order valence-corrected chi connectivity index (χ3v) is 6.77. The van der Waals surface area contributed by atoms with Crippen LogP contribution < -0.4 is 15.4 Å². The Kier molecular flexibility index (Phi) is 9.35. The van der Waals surface area contributed by atoms with E-state index in [2.05, 4.69) is 15.6 Å². The van der Waals surface area contributed by atoms with Crippen LogP contribution in [-0.4, -0.2) is 43.4 Å². The first kappa shape index (κ1) is 25.2. The molecule has 1 aromatic heterocycles. The first-order chi connectivity index (χ1) is 12.9. The summed E-state index contributed by atoms with van der Waals surface area (Å²) in [4.78, 5) is 16.9. The fourth-order valence-electron chi connectivity index (χ4n) is 3.16. The zero-order chi connectivity index (χ0) is 19.3. The quantitative estimate of drug-likeness (QED) is 0.685. The van der Waals surface area contributed by atoms with Gasteiger partial charge in [-0.25, -0.2) is 8.42 Å². The molecule has 0 bridgehead atoms. The van der Waals surface area contributed by atoms with Gasteiger partial charge in [0.2, 0.25) is 5.91 Å². The van der Waals surface area contributed by atoms with Gasteiger partial charge in [-0.05, 0) is 44.1 Å². The Morgan fingerprint density at radius 2 is 1.93 bits per heavy atom. The zero-order valence-electron chi connectivity index (χ0n) is 16.0. The molecule has 29 heavy (non-hydrogen) atoms. The third-order valence-electron chi connectivity index (χ3n) is 4.76. The van der Waals surface area contributed by atoms with Crippen LogP contribution in [0.5, 0.6) is 5.75 Å². The van der Waals surface area contributed by atoms with Crippen LogP contribution in [0.3, 0.4) is 0 Å². The Hall–Kier alpha value is -1.87. The van der Waals surface area contributed by atoms with Crippen molar-refractivity contribution >= 4 is 46.2 Å². The molecule has 3 rings (SSSR count). The van der Waals surface area contributed by atoms with Gasteiger partial charge < -0.3 is 15.4 Å². The summed E-state index contributed by atoms with van der Waals surface area (Å²) in [5, 5.41) is 5.86. The van der Waals surface area contributed by atoms with Gasteiger partial charge in [0.1, 0.15) is 12.4 Å². The maximum absolute atomic E-state index is 12.9. The topological polar surface area (TPSA) is 97.4 Å². The van der Waals surface area contributed by atoms with E-state index >= 15 is 0 Å². The zero-order valence-corrected chi connectivity index (χ0v) is 18.4. The summed E-state index contributed by atoms with van der Waals surface area (Å²) < 4.78 is 29.0. The van der Waals surface area contributed by atoms with Gasteiger partial charge in [0.25, 0.3) is 0 Å². The van der Waals surface area contributed by atoms with Gasteiger partial charge in [-0.2, -0.15) is 0 Å². The Balaban J connectivity index is 0.00000210. The summed E-state index contributed by atoms with van der Waals surface area (Å²) in [5.74, 6) is 0.0891. The number of rotatable bonds is 6. The molecule has 0 aliphatic carbocycles. The van der Waals surface area contributed by atoms with Crippen LogP contribution in [0.25, 0.3) is 0 Å². The van der Waals surface area contributed by atoms with Crippen molar-refractivity contribution in [2.45, 2.75) is 24.2 Å². The van der Waals surface area contributed by atoms with Crippen molar-refractivity contribution in [2.75, 3.05) is 24.7 Å². The number of hydrogen-bond donors (Lipinski definition) is 2. The number of carbonyl (C=O) groups is 1. The molecule has 0 radical (unpaired) electrons. The Morgan fingerprint density at radius 1 is 1.21 bits per heavy atom. The fraction of sp³-hybridized carbons (Fsp3) is 0.368. The van der Waals surface area contributed by atoms with E-state index in [1.165, 1.54) is 0 Å².